The highest BCUT2D eigenvalue weighted by Crippen LogP contribution is 2.28. The minimum Gasteiger partial charge on any atom is -0.339 e. The van der Waals surface area contributed by atoms with Gasteiger partial charge in [0.05, 0.1) is 17.4 Å². The van der Waals surface area contributed by atoms with Gasteiger partial charge < -0.3 is 10.3 Å². The Morgan fingerprint density at radius 1 is 1.47 bits per heavy atom. The van der Waals surface area contributed by atoms with Crippen molar-refractivity contribution in [1.29, 1.82) is 0 Å². The summed E-state index contributed by atoms with van der Waals surface area (Å²) in [6.07, 6.45) is 0.577. The fourth-order valence-electron chi connectivity index (χ4n) is 1.82. The fraction of sp³-hybridized carbons (Fsp3) is 0.800. The molecule has 2 rings (SSSR count). The average molecular weight is 259 g/mol. The minimum absolute atomic E-state index is 0.0192. The van der Waals surface area contributed by atoms with Gasteiger partial charge >= 0.3 is 0 Å². The predicted octanol–water partition coefficient (Wildman–Crippen LogP) is 0.422. The van der Waals surface area contributed by atoms with Crippen LogP contribution in [0.5, 0.6) is 0 Å². The van der Waals surface area contributed by atoms with Crippen LogP contribution in [-0.2, 0) is 9.84 Å². The van der Waals surface area contributed by atoms with E-state index in [1.807, 2.05) is 13.8 Å². The Morgan fingerprint density at radius 2 is 2.18 bits per heavy atom. The SMILES string of the molecule is CC(N)C(C)c1nc(C2CCS(=O)(=O)C2)no1. The summed E-state index contributed by atoms with van der Waals surface area (Å²) in [6, 6.07) is -0.0735. The summed E-state index contributed by atoms with van der Waals surface area (Å²) in [7, 11) is -2.92. The number of sulfone groups is 1. The standard InChI is InChI=1S/C10H17N3O3S/c1-6(7(2)11)10-12-9(13-16-10)8-3-4-17(14,15)5-8/h6-8H,3-5,11H2,1-2H3. The van der Waals surface area contributed by atoms with Gasteiger partial charge in [0.25, 0.3) is 0 Å². The van der Waals surface area contributed by atoms with E-state index in [-0.39, 0.29) is 29.4 Å². The van der Waals surface area contributed by atoms with Gasteiger partial charge in [0.2, 0.25) is 5.89 Å². The van der Waals surface area contributed by atoms with E-state index in [1.54, 1.807) is 0 Å². The molecule has 0 bridgehead atoms. The molecule has 1 aliphatic rings. The molecule has 17 heavy (non-hydrogen) atoms. The molecule has 6 nitrogen and oxygen atoms in total. The van der Waals surface area contributed by atoms with Crippen LogP contribution in [0, 0.1) is 0 Å². The summed E-state index contributed by atoms with van der Waals surface area (Å²) in [5, 5.41) is 3.86. The maximum atomic E-state index is 11.4. The van der Waals surface area contributed by atoms with Crippen LogP contribution in [0.2, 0.25) is 0 Å². The third kappa shape index (κ3) is 2.66. The Labute approximate surface area is 100 Å². The van der Waals surface area contributed by atoms with Gasteiger partial charge in [-0.1, -0.05) is 12.1 Å². The number of hydrogen-bond acceptors (Lipinski definition) is 6. The molecule has 1 saturated heterocycles. The van der Waals surface area contributed by atoms with Crippen molar-refractivity contribution in [1.82, 2.24) is 10.1 Å². The molecule has 0 spiro atoms. The monoisotopic (exact) mass is 259 g/mol. The van der Waals surface area contributed by atoms with E-state index in [0.717, 1.165) is 0 Å². The third-order valence-corrected chi connectivity index (χ3v) is 5.00. The van der Waals surface area contributed by atoms with Gasteiger partial charge in [-0.15, -0.1) is 0 Å². The van der Waals surface area contributed by atoms with E-state index in [0.29, 0.717) is 18.1 Å². The van der Waals surface area contributed by atoms with Crippen LogP contribution in [0.25, 0.3) is 0 Å². The van der Waals surface area contributed by atoms with Crippen molar-refractivity contribution in [2.24, 2.45) is 5.73 Å². The lowest BCUT2D eigenvalue weighted by Crippen LogP contribution is -2.22. The summed E-state index contributed by atoms with van der Waals surface area (Å²) in [4.78, 5) is 4.26. The van der Waals surface area contributed by atoms with Gasteiger partial charge in [-0.3, -0.25) is 0 Å². The summed E-state index contributed by atoms with van der Waals surface area (Å²) >= 11 is 0. The lowest BCUT2D eigenvalue weighted by Gasteiger charge is -2.09. The molecule has 1 aromatic heterocycles. The molecule has 1 aromatic rings. The lowest BCUT2D eigenvalue weighted by atomic mass is 10.0. The summed E-state index contributed by atoms with van der Waals surface area (Å²) in [5.74, 6) is 1.17. The zero-order chi connectivity index (χ0) is 12.6. The van der Waals surface area contributed by atoms with Crippen LogP contribution in [0.4, 0.5) is 0 Å². The van der Waals surface area contributed by atoms with E-state index in [4.69, 9.17) is 10.3 Å². The van der Waals surface area contributed by atoms with Gasteiger partial charge in [0.15, 0.2) is 15.7 Å². The molecule has 0 amide bonds. The smallest absolute Gasteiger partial charge is 0.231 e. The predicted molar refractivity (Wildman–Crippen MR) is 62.4 cm³/mol. The summed E-state index contributed by atoms with van der Waals surface area (Å²) in [5.41, 5.74) is 5.75. The van der Waals surface area contributed by atoms with E-state index in [1.165, 1.54) is 0 Å². The van der Waals surface area contributed by atoms with E-state index >= 15 is 0 Å². The molecule has 1 aliphatic heterocycles. The Kier molecular flexibility index (Phi) is 3.22. The molecule has 7 heteroatoms. The molecule has 2 N–H and O–H groups in total. The highest BCUT2D eigenvalue weighted by molar-refractivity contribution is 7.91. The first-order valence-electron chi connectivity index (χ1n) is 5.68. The lowest BCUT2D eigenvalue weighted by molar-refractivity contribution is 0.341. The van der Waals surface area contributed by atoms with Gasteiger partial charge in [0, 0.05) is 12.0 Å². The second kappa shape index (κ2) is 4.38. The van der Waals surface area contributed by atoms with Crippen LogP contribution in [0.15, 0.2) is 4.52 Å². The second-order valence-corrected chi connectivity index (χ2v) is 6.97. The maximum Gasteiger partial charge on any atom is 0.231 e. The largest absolute Gasteiger partial charge is 0.339 e. The van der Waals surface area contributed by atoms with Crippen molar-refractivity contribution in [2.45, 2.75) is 38.1 Å². The second-order valence-electron chi connectivity index (χ2n) is 4.74. The molecule has 0 aliphatic carbocycles. The van der Waals surface area contributed by atoms with Crippen LogP contribution < -0.4 is 5.73 Å². The molecular weight excluding hydrogens is 242 g/mol. The van der Waals surface area contributed by atoms with Crippen molar-refractivity contribution < 1.29 is 12.9 Å². The quantitative estimate of drug-likeness (QED) is 0.844. The van der Waals surface area contributed by atoms with Crippen molar-refractivity contribution in [2.75, 3.05) is 11.5 Å². The Bertz CT molecular complexity index is 495. The maximum absolute atomic E-state index is 11.4. The highest BCUT2D eigenvalue weighted by atomic mass is 32.2. The first-order valence-corrected chi connectivity index (χ1v) is 7.50. The number of aromatic nitrogens is 2. The van der Waals surface area contributed by atoms with Crippen molar-refractivity contribution in [3.8, 4) is 0 Å². The van der Waals surface area contributed by atoms with Crippen molar-refractivity contribution >= 4 is 9.84 Å². The highest BCUT2D eigenvalue weighted by Gasteiger charge is 2.32. The summed E-state index contributed by atoms with van der Waals surface area (Å²) in [6.45, 7) is 3.78. The first kappa shape index (κ1) is 12.5. The zero-order valence-corrected chi connectivity index (χ0v) is 10.8. The zero-order valence-electron chi connectivity index (χ0n) is 9.96. The van der Waals surface area contributed by atoms with Gasteiger partial charge in [-0.25, -0.2) is 8.42 Å². The molecule has 1 fully saturated rings. The Morgan fingerprint density at radius 3 is 2.71 bits per heavy atom. The van der Waals surface area contributed by atoms with E-state index in [9.17, 15) is 8.42 Å². The van der Waals surface area contributed by atoms with Crippen LogP contribution in [0.3, 0.4) is 0 Å². The molecule has 96 valence electrons. The molecule has 3 atom stereocenters. The average Bonchev–Trinajstić information content (AvgIpc) is 2.82. The van der Waals surface area contributed by atoms with Crippen LogP contribution in [0.1, 0.15) is 43.8 Å². The van der Waals surface area contributed by atoms with E-state index in [2.05, 4.69) is 10.1 Å². The van der Waals surface area contributed by atoms with Crippen LogP contribution in [-0.4, -0.2) is 36.1 Å². The van der Waals surface area contributed by atoms with Crippen molar-refractivity contribution in [3.05, 3.63) is 11.7 Å². The van der Waals surface area contributed by atoms with Crippen LogP contribution >= 0.6 is 0 Å². The van der Waals surface area contributed by atoms with Crippen molar-refractivity contribution in [3.63, 3.8) is 0 Å². The number of hydrogen-bond donors (Lipinski definition) is 1. The number of nitrogens with zero attached hydrogens (tertiary/aromatic N) is 2. The van der Waals surface area contributed by atoms with Gasteiger partial charge in [-0.05, 0) is 13.3 Å². The van der Waals surface area contributed by atoms with Gasteiger partial charge in [0.1, 0.15) is 0 Å². The molecule has 3 unspecified atom stereocenters. The Hall–Kier alpha value is -0.950. The first-order chi connectivity index (χ1) is 7.89. The minimum atomic E-state index is -2.92. The normalized spacial score (nSPS) is 26.9. The molecule has 0 aromatic carbocycles. The molecule has 0 saturated carbocycles. The number of nitrogens with two attached hydrogens (primary N) is 1. The summed E-state index contributed by atoms with van der Waals surface area (Å²) < 4.78 is 27.8. The molecular formula is C10H17N3O3S. The topological polar surface area (TPSA) is 99.1 Å². The van der Waals surface area contributed by atoms with Gasteiger partial charge in [-0.2, -0.15) is 4.98 Å². The molecule has 0 radical (unpaired) electrons. The Balaban J connectivity index is 2.14. The molecule has 2 heterocycles. The van der Waals surface area contributed by atoms with E-state index < -0.39 is 9.84 Å². The fourth-order valence-corrected chi connectivity index (χ4v) is 3.56. The third-order valence-electron chi connectivity index (χ3n) is 3.23. The number of rotatable bonds is 3.